The predicted molar refractivity (Wildman–Crippen MR) is 101 cm³/mol. The van der Waals surface area contributed by atoms with Crippen molar-refractivity contribution in [3.63, 3.8) is 0 Å². The van der Waals surface area contributed by atoms with Gasteiger partial charge in [-0.2, -0.15) is 0 Å². The van der Waals surface area contributed by atoms with E-state index in [4.69, 9.17) is 16.3 Å². The van der Waals surface area contributed by atoms with Gasteiger partial charge in [0.25, 0.3) is 0 Å². The summed E-state index contributed by atoms with van der Waals surface area (Å²) in [6.45, 7) is 4.22. The zero-order valence-electron chi connectivity index (χ0n) is 13.9. The van der Waals surface area contributed by atoms with Crippen molar-refractivity contribution >= 4 is 52.3 Å². The van der Waals surface area contributed by atoms with Crippen molar-refractivity contribution in [2.45, 2.75) is 31.0 Å². The maximum absolute atomic E-state index is 12.1. The van der Waals surface area contributed by atoms with Crippen LogP contribution in [0.4, 0.5) is 5.69 Å². The summed E-state index contributed by atoms with van der Waals surface area (Å²) in [5.74, 6) is -0.494. The van der Waals surface area contributed by atoms with Crippen molar-refractivity contribution in [2.24, 2.45) is 0 Å². The maximum Gasteiger partial charge on any atom is 0.339 e. The molecule has 134 valence electrons. The van der Waals surface area contributed by atoms with E-state index < -0.39 is 5.97 Å². The Hall–Kier alpha value is -1.64. The molecule has 0 radical (unpaired) electrons. The van der Waals surface area contributed by atoms with Gasteiger partial charge in [-0.15, -0.1) is 10.2 Å². The topological polar surface area (TPSA) is 81.2 Å². The van der Waals surface area contributed by atoms with E-state index in [0.29, 0.717) is 17.3 Å². The number of nitrogens with zero attached hydrogens (tertiary/aromatic N) is 2. The minimum absolute atomic E-state index is 0.202. The number of nitrogens with one attached hydrogen (secondary N) is 1. The third kappa shape index (κ3) is 6.30. The molecule has 1 N–H and O–H groups in total. The number of thioether (sulfide) groups is 1. The largest absolute Gasteiger partial charge is 0.462 e. The summed E-state index contributed by atoms with van der Waals surface area (Å²) in [7, 11) is 0. The molecule has 1 heterocycles. The van der Waals surface area contributed by atoms with E-state index in [9.17, 15) is 9.59 Å². The molecule has 0 fully saturated rings. The number of aromatic nitrogens is 2. The number of benzene rings is 1. The highest BCUT2D eigenvalue weighted by Crippen LogP contribution is 2.24. The lowest BCUT2D eigenvalue weighted by Crippen LogP contribution is -2.15. The Morgan fingerprint density at radius 3 is 2.84 bits per heavy atom. The Kier molecular flexibility index (Phi) is 7.67. The first-order valence-corrected chi connectivity index (χ1v) is 9.87. The van der Waals surface area contributed by atoms with Gasteiger partial charge in [-0.3, -0.25) is 4.79 Å². The van der Waals surface area contributed by atoms with Crippen LogP contribution in [-0.2, 0) is 9.53 Å². The number of unbranched alkanes of at least 4 members (excludes halogenated alkanes) is 1. The van der Waals surface area contributed by atoms with Gasteiger partial charge in [0.1, 0.15) is 5.01 Å². The Morgan fingerprint density at radius 1 is 1.36 bits per heavy atom. The van der Waals surface area contributed by atoms with Crippen molar-refractivity contribution in [2.75, 3.05) is 17.7 Å². The monoisotopic (exact) mass is 399 g/mol. The molecule has 1 aromatic heterocycles. The average molecular weight is 400 g/mol. The molecule has 0 spiro atoms. The van der Waals surface area contributed by atoms with E-state index in [1.807, 2.05) is 13.8 Å². The van der Waals surface area contributed by atoms with Gasteiger partial charge in [-0.05, 0) is 31.5 Å². The summed E-state index contributed by atoms with van der Waals surface area (Å²) in [4.78, 5) is 24.1. The number of aryl methyl sites for hydroxylation is 1. The van der Waals surface area contributed by atoms with Crippen LogP contribution in [0, 0.1) is 6.92 Å². The first kappa shape index (κ1) is 19.7. The van der Waals surface area contributed by atoms with E-state index in [2.05, 4.69) is 15.5 Å². The fourth-order valence-electron chi connectivity index (χ4n) is 1.81. The highest BCUT2D eigenvalue weighted by Gasteiger charge is 2.14. The Labute approximate surface area is 159 Å². The number of esters is 1. The number of halogens is 1. The van der Waals surface area contributed by atoms with E-state index in [-0.39, 0.29) is 17.2 Å². The van der Waals surface area contributed by atoms with Crippen LogP contribution in [0.15, 0.2) is 22.5 Å². The number of carbonyl (C=O) groups is 2. The van der Waals surface area contributed by atoms with Crippen LogP contribution in [0.5, 0.6) is 0 Å². The van der Waals surface area contributed by atoms with Gasteiger partial charge < -0.3 is 10.1 Å². The fraction of sp³-hybridized carbons (Fsp3) is 0.375. The molecule has 25 heavy (non-hydrogen) atoms. The molecule has 0 aliphatic heterocycles. The second kappa shape index (κ2) is 9.74. The Balaban J connectivity index is 1.93. The van der Waals surface area contributed by atoms with E-state index >= 15 is 0 Å². The normalized spacial score (nSPS) is 10.5. The van der Waals surface area contributed by atoms with Gasteiger partial charge in [0.2, 0.25) is 5.91 Å². The molecular weight excluding hydrogens is 382 g/mol. The first-order chi connectivity index (χ1) is 12.0. The number of hydrogen-bond donors (Lipinski definition) is 1. The molecule has 0 saturated heterocycles. The second-order valence-corrected chi connectivity index (χ2v) is 7.92. The molecule has 6 nitrogen and oxygen atoms in total. The van der Waals surface area contributed by atoms with Crippen molar-refractivity contribution in [1.82, 2.24) is 10.2 Å². The molecule has 0 aliphatic carbocycles. The second-order valence-electron chi connectivity index (χ2n) is 5.11. The molecule has 2 rings (SSSR count). The molecule has 9 heteroatoms. The lowest BCUT2D eigenvalue weighted by Gasteiger charge is -2.09. The van der Waals surface area contributed by atoms with Crippen LogP contribution < -0.4 is 5.32 Å². The number of carbonyl (C=O) groups excluding carboxylic acids is 2. The van der Waals surface area contributed by atoms with Crippen molar-refractivity contribution in [3.8, 4) is 0 Å². The number of rotatable bonds is 8. The van der Waals surface area contributed by atoms with E-state index in [0.717, 1.165) is 22.2 Å². The first-order valence-electron chi connectivity index (χ1n) is 7.69. The number of hydrogen-bond acceptors (Lipinski definition) is 7. The smallest absolute Gasteiger partial charge is 0.339 e. The van der Waals surface area contributed by atoms with Gasteiger partial charge in [0.05, 0.1) is 22.9 Å². The highest BCUT2D eigenvalue weighted by molar-refractivity contribution is 8.01. The van der Waals surface area contributed by atoms with Crippen molar-refractivity contribution in [3.05, 3.63) is 33.8 Å². The zero-order chi connectivity index (χ0) is 18.2. The highest BCUT2D eigenvalue weighted by atomic mass is 35.5. The maximum atomic E-state index is 12.1. The summed E-state index contributed by atoms with van der Waals surface area (Å²) in [6, 6.07) is 4.73. The van der Waals surface area contributed by atoms with Gasteiger partial charge in [-0.25, -0.2) is 4.79 Å². The molecule has 0 aliphatic rings. The average Bonchev–Trinajstić information content (AvgIpc) is 3.00. The van der Waals surface area contributed by atoms with Gasteiger partial charge >= 0.3 is 5.97 Å². The number of anilines is 1. The number of amides is 1. The molecule has 0 atom stereocenters. The van der Waals surface area contributed by atoms with E-state index in [1.165, 1.54) is 29.2 Å². The molecule has 1 aromatic carbocycles. The fourth-order valence-corrected chi connectivity index (χ4v) is 3.62. The third-order valence-corrected chi connectivity index (χ3v) is 5.34. The molecule has 2 aromatic rings. The summed E-state index contributed by atoms with van der Waals surface area (Å²) in [5, 5.41) is 11.7. The molecule has 0 bridgehead atoms. The van der Waals surface area contributed by atoms with Crippen LogP contribution in [0.2, 0.25) is 5.02 Å². The summed E-state index contributed by atoms with van der Waals surface area (Å²) in [5.41, 5.74) is 0.730. The van der Waals surface area contributed by atoms with Crippen LogP contribution in [-0.4, -0.2) is 34.4 Å². The lowest BCUT2D eigenvalue weighted by atomic mass is 10.2. The summed E-state index contributed by atoms with van der Waals surface area (Å²) >= 11 is 8.80. The Morgan fingerprint density at radius 2 is 2.16 bits per heavy atom. The third-order valence-electron chi connectivity index (χ3n) is 3.04. The Bertz CT molecular complexity index is 752. The minimum Gasteiger partial charge on any atom is -0.462 e. The quantitative estimate of drug-likeness (QED) is 0.407. The molecular formula is C16H18ClN3O3S2. The van der Waals surface area contributed by atoms with Crippen molar-refractivity contribution in [1.29, 1.82) is 0 Å². The number of ether oxygens (including phenoxy) is 1. The van der Waals surface area contributed by atoms with Crippen molar-refractivity contribution < 1.29 is 14.3 Å². The van der Waals surface area contributed by atoms with Crippen LogP contribution in [0.3, 0.4) is 0 Å². The predicted octanol–water partition coefficient (Wildman–Crippen LogP) is 4.19. The zero-order valence-corrected chi connectivity index (χ0v) is 16.3. The van der Waals surface area contributed by atoms with Gasteiger partial charge in [0.15, 0.2) is 4.34 Å². The molecule has 0 unspecified atom stereocenters. The summed E-state index contributed by atoms with van der Waals surface area (Å²) in [6.07, 6.45) is 1.73. The SMILES string of the molecule is CCCCOC(=O)c1cc(NC(=O)CSc2nnc(C)s2)ccc1Cl. The minimum atomic E-state index is -0.492. The molecule has 0 saturated carbocycles. The van der Waals surface area contributed by atoms with Crippen LogP contribution in [0.25, 0.3) is 0 Å². The van der Waals surface area contributed by atoms with Gasteiger partial charge in [-0.1, -0.05) is 48.0 Å². The standard InChI is InChI=1S/C16H18ClN3O3S2/c1-3-4-7-23-15(22)12-8-11(5-6-13(12)17)18-14(21)9-24-16-20-19-10(2)25-16/h5-6,8H,3-4,7,9H2,1-2H3,(H,18,21). The molecule has 1 amide bonds. The van der Waals surface area contributed by atoms with Crippen LogP contribution in [0.1, 0.15) is 35.1 Å². The van der Waals surface area contributed by atoms with E-state index in [1.54, 1.807) is 12.1 Å². The summed E-state index contributed by atoms with van der Waals surface area (Å²) < 4.78 is 5.90. The lowest BCUT2D eigenvalue weighted by molar-refractivity contribution is -0.113. The van der Waals surface area contributed by atoms with Crippen LogP contribution >= 0.6 is 34.7 Å². The van der Waals surface area contributed by atoms with Gasteiger partial charge in [0, 0.05) is 5.69 Å².